The summed E-state index contributed by atoms with van der Waals surface area (Å²) in [6.07, 6.45) is 3.76. The zero-order valence-corrected chi connectivity index (χ0v) is 9.20. The van der Waals surface area contributed by atoms with Crippen molar-refractivity contribution >= 4 is 22.6 Å². The van der Waals surface area contributed by atoms with E-state index in [2.05, 4.69) is 16.0 Å². The summed E-state index contributed by atoms with van der Waals surface area (Å²) in [5.74, 6) is 0. The van der Waals surface area contributed by atoms with Gasteiger partial charge in [-0.3, -0.25) is 0 Å². The van der Waals surface area contributed by atoms with E-state index in [0.717, 1.165) is 27.2 Å². The van der Waals surface area contributed by atoms with Crippen LogP contribution in [0.5, 0.6) is 0 Å². The number of rotatable bonds is 1. The van der Waals surface area contributed by atoms with Crippen molar-refractivity contribution in [3.05, 3.63) is 53.8 Å². The molecule has 0 aliphatic rings. The Labute approximate surface area is 105 Å². The SMILES string of the molecule is C.Clc1ccc(-c2cnc3[nH]ccc3c2)cc1. The predicted molar refractivity (Wildman–Crippen MR) is 73.3 cm³/mol. The van der Waals surface area contributed by atoms with Gasteiger partial charge in [-0.2, -0.15) is 0 Å². The number of nitrogens with one attached hydrogen (secondary N) is 1. The summed E-state index contributed by atoms with van der Waals surface area (Å²) in [5, 5.41) is 1.87. The number of H-pyrrole nitrogens is 1. The lowest BCUT2D eigenvalue weighted by Crippen LogP contribution is -1.81. The molecule has 17 heavy (non-hydrogen) atoms. The van der Waals surface area contributed by atoms with Crippen molar-refractivity contribution in [1.82, 2.24) is 9.97 Å². The molecule has 0 saturated heterocycles. The number of nitrogens with zero attached hydrogens (tertiary/aromatic N) is 1. The van der Waals surface area contributed by atoms with Gasteiger partial charge in [-0.1, -0.05) is 31.2 Å². The van der Waals surface area contributed by atoms with E-state index in [-0.39, 0.29) is 7.43 Å². The predicted octanol–water partition coefficient (Wildman–Crippen LogP) is 4.52. The van der Waals surface area contributed by atoms with Crippen LogP contribution in [0.4, 0.5) is 0 Å². The summed E-state index contributed by atoms with van der Waals surface area (Å²) in [6.45, 7) is 0. The summed E-state index contributed by atoms with van der Waals surface area (Å²) >= 11 is 5.86. The smallest absolute Gasteiger partial charge is 0.137 e. The first kappa shape index (κ1) is 11.7. The lowest BCUT2D eigenvalue weighted by atomic mass is 10.1. The second kappa shape index (κ2) is 4.60. The van der Waals surface area contributed by atoms with E-state index in [1.165, 1.54) is 0 Å². The summed E-state index contributed by atoms with van der Waals surface area (Å²) in [7, 11) is 0. The van der Waals surface area contributed by atoms with Gasteiger partial charge in [-0.05, 0) is 29.8 Å². The lowest BCUT2D eigenvalue weighted by Gasteiger charge is -2.01. The number of hydrogen-bond donors (Lipinski definition) is 1. The largest absolute Gasteiger partial charge is 0.346 e. The van der Waals surface area contributed by atoms with Crippen molar-refractivity contribution in [3.63, 3.8) is 0 Å². The van der Waals surface area contributed by atoms with Gasteiger partial charge in [0.15, 0.2) is 0 Å². The van der Waals surface area contributed by atoms with Gasteiger partial charge in [0, 0.05) is 28.4 Å². The molecule has 2 nitrogen and oxygen atoms in total. The van der Waals surface area contributed by atoms with Crippen molar-refractivity contribution < 1.29 is 0 Å². The molecular weight excluding hydrogens is 232 g/mol. The van der Waals surface area contributed by atoms with Gasteiger partial charge in [0.1, 0.15) is 5.65 Å². The molecule has 0 radical (unpaired) electrons. The lowest BCUT2D eigenvalue weighted by molar-refractivity contribution is 1.33. The first-order chi connectivity index (χ1) is 7.83. The molecule has 0 amide bonds. The molecule has 0 bridgehead atoms. The molecule has 0 aliphatic carbocycles. The standard InChI is InChI=1S/C13H9ClN2.CH4/c14-12-3-1-9(2-4-12)11-7-10-5-6-15-13(10)16-8-11;/h1-8H,(H,15,16);1H4. The van der Waals surface area contributed by atoms with Gasteiger partial charge in [0.05, 0.1) is 0 Å². The van der Waals surface area contributed by atoms with Crippen LogP contribution in [0.1, 0.15) is 7.43 Å². The Hall–Kier alpha value is -1.80. The van der Waals surface area contributed by atoms with Crippen LogP contribution >= 0.6 is 11.6 Å². The first-order valence-electron chi connectivity index (χ1n) is 5.02. The van der Waals surface area contributed by atoms with E-state index in [0.29, 0.717) is 0 Å². The Bertz CT molecular complexity index is 626. The number of halogens is 1. The summed E-state index contributed by atoms with van der Waals surface area (Å²) in [5.41, 5.74) is 3.14. The summed E-state index contributed by atoms with van der Waals surface area (Å²) in [6, 6.07) is 11.9. The summed E-state index contributed by atoms with van der Waals surface area (Å²) < 4.78 is 0. The van der Waals surface area contributed by atoms with Gasteiger partial charge in [-0.25, -0.2) is 4.98 Å². The number of aromatic amines is 1. The molecule has 3 heteroatoms. The van der Waals surface area contributed by atoms with Crippen molar-refractivity contribution in [1.29, 1.82) is 0 Å². The Kier molecular flexibility index (Phi) is 3.16. The third kappa shape index (κ3) is 2.17. The van der Waals surface area contributed by atoms with E-state index in [4.69, 9.17) is 11.6 Å². The monoisotopic (exact) mass is 244 g/mol. The average molecular weight is 245 g/mol. The molecule has 2 aromatic heterocycles. The van der Waals surface area contributed by atoms with Crippen LogP contribution in [-0.4, -0.2) is 9.97 Å². The van der Waals surface area contributed by atoms with Crippen molar-refractivity contribution in [2.45, 2.75) is 7.43 Å². The minimum atomic E-state index is 0. The van der Waals surface area contributed by atoms with Gasteiger partial charge in [-0.15, -0.1) is 0 Å². The molecule has 1 N–H and O–H groups in total. The van der Waals surface area contributed by atoms with Crippen LogP contribution in [0.25, 0.3) is 22.2 Å². The molecule has 0 spiro atoms. The van der Waals surface area contributed by atoms with Crippen LogP contribution in [0.3, 0.4) is 0 Å². The summed E-state index contributed by atoms with van der Waals surface area (Å²) in [4.78, 5) is 7.43. The molecule has 0 aliphatic heterocycles. The fourth-order valence-electron chi connectivity index (χ4n) is 1.74. The molecule has 0 unspecified atom stereocenters. The zero-order chi connectivity index (χ0) is 11.0. The van der Waals surface area contributed by atoms with Crippen molar-refractivity contribution in [2.24, 2.45) is 0 Å². The molecule has 3 rings (SSSR count). The highest BCUT2D eigenvalue weighted by molar-refractivity contribution is 6.30. The molecule has 0 saturated carbocycles. The normalized spacial score (nSPS) is 10.2. The van der Waals surface area contributed by atoms with Crippen LogP contribution in [-0.2, 0) is 0 Å². The Morgan fingerprint density at radius 2 is 1.76 bits per heavy atom. The van der Waals surface area contributed by atoms with Crippen molar-refractivity contribution in [2.75, 3.05) is 0 Å². The third-order valence-corrected chi connectivity index (χ3v) is 2.83. The van der Waals surface area contributed by atoms with E-state index in [1.54, 1.807) is 0 Å². The second-order valence-electron chi connectivity index (χ2n) is 3.65. The first-order valence-corrected chi connectivity index (χ1v) is 5.40. The van der Waals surface area contributed by atoms with E-state index in [9.17, 15) is 0 Å². The van der Waals surface area contributed by atoms with Gasteiger partial charge in [0.25, 0.3) is 0 Å². The minimum absolute atomic E-state index is 0. The van der Waals surface area contributed by atoms with Crippen LogP contribution in [0, 0.1) is 0 Å². The van der Waals surface area contributed by atoms with E-state index < -0.39 is 0 Å². The number of hydrogen-bond acceptors (Lipinski definition) is 1. The van der Waals surface area contributed by atoms with Crippen LogP contribution < -0.4 is 0 Å². The van der Waals surface area contributed by atoms with Gasteiger partial charge < -0.3 is 4.98 Å². The fourth-order valence-corrected chi connectivity index (χ4v) is 1.87. The van der Waals surface area contributed by atoms with Crippen LogP contribution in [0.2, 0.25) is 5.02 Å². The molecule has 0 atom stereocenters. The molecule has 0 fully saturated rings. The maximum atomic E-state index is 5.86. The Morgan fingerprint density at radius 1 is 1.00 bits per heavy atom. The number of fused-ring (bicyclic) bond motifs is 1. The zero-order valence-electron chi connectivity index (χ0n) is 8.44. The fraction of sp³-hybridized carbons (Fsp3) is 0.0714. The highest BCUT2D eigenvalue weighted by Crippen LogP contribution is 2.23. The molecular formula is C14H13ClN2. The third-order valence-electron chi connectivity index (χ3n) is 2.58. The van der Waals surface area contributed by atoms with Gasteiger partial charge >= 0.3 is 0 Å². The molecule has 3 aromatic rings. The quantitative estimate of drug-likeness (QED) is 0.670. The topological polar surface area (TPSA) is 28.7 Å². The maximum Gasteiger partial charge on any atom is 0.137 e. The highest BCUT2D eigenvalue weighted by atomic mass is 35.5. The maximum absolute atomic E-state index is 5.86. The van der Waals surface area contributed by atoms with Crippen LogP contribution in [0.15, 0.2) is 48.8 Å². The average Bonchev–Trinajstić information content (AvgIpc) is 2.77. The Balaban J connectivity index is 0.00000108. The Morgan fingerprint density at radius 3 is 2.53 bits per heavy atom. The second-order valence-corrected chi connectivity index (χ2v) is 4.08. The van der Waals surface area contributed by atoms with Gasteiger partial charge in [0.2, 0.25) is 0 Å². The minimum Gasteiger partial charge on any atom is -0.346 e. The van der Waals surface area contributed by atoms with Crippen molar-refractivity contribution in [3.8, 4) is 11.1 Å². The molecule has 1 aromatic carbocycles. The molecule has 2 heterocycles. The number of pyridine rings is 1. The van der Waals surface area contributed by atoms with E-state index >= 15 is 0 Å². The molecule has 86 valence electrons. The van der Waals surface area contributed by atoms with E-state index in [1.807, 2.05) is 42.7 Å². The number of benzene rings is 1. The number of aromatic nitrogens is 2. The highest BCUT2D eigenvalue weighted by Gasteiger charge is 2.01.